The molecule has 0 heterocycles. The second kappa shape index (κ2) is 6.37. The number of rotatable bonds is 5. The molecule has 1 aromatic rings. The summed E-state index contributed by atoms with van der Waals surface area (Å²) in [6.45, 7) is 0. The van der Waals surface area contributed by atoms with Gasteiger partial charge in [0.05, 0.1) is 13.5 Å². The number of methoxy groups -OCH3 is 1. The lowest BCUT2D eigenvalue weighted by atomic mass is 10.1. The van der Waals surface area contributed by atoms with Crippen LogP contribution in [0, 0.1) is 0 Å². The maximum Gasteiger partial charge on any atom is 0.374 e. The largest absolute Gasteiger partial charge is 0.463 e. The van der Waals surface area contributed by atoms with Crippen LogP contribution in [0.2, 0.25) is 0 Å². The van der Waals surface area contributed by atoms with Gasteiger partial charge in [0.15, 0.2) is 5.78 Å². The lowest BCUT2D eigenvalue weighted by Crippen LogP contribution is -2.18. The minimum atomic E-state index is -0.994. The quantitative estimate of drug-likeness (QED) is 0.333. The number of hydrogen-bond acceptors (Lipinski definition) is 4. The molecule has 0 N–H and O–H groups in total. The average Bonchev–Trinajstić information content (AvgIpc) is 2.36. The molecule has 4 heteroatoms. The number of ketones is 2. The number of carbonyl (C=O) groups excluding carboxylic acids is 3. The van der Waals surface area contributed by atoms with E-state index >= 15 is 0 Å². The molecule has 0 unspecified atom stereocenters. The van der Waals surface area contributed by atoms with Gasteiger partial charge in [-0.25, -0.2) is 4.79 Å². The Bertz CT molecular complexity index is 446. The predicted octanol–water partition coefficient (Wildman–Crippen LogP) is 1.40. The van der Waals surface area contributed by atoms with Crippen molar-refractivity contribution in [2.24, 2.45) is 0 Å². The summed E-state index contributed by atoms with van der Waals surface area (Å²) in [5.74, 6) is -2.26. The molecular formula is C13H12O4. The second-order valence-electron chi connectivity index (χ2n) is 3.30. The molecule has 0 saturated heterocycles. The van der Waals surface area contributed by atoms with Crippen molar-refractivity contribution < 1.29 is 19.1 Å². The van der Waals surface area contributed by atoms with Gasteiger partial charge < -0.3 is 4.74 Å². The molecule has 0 radical (unpaired) electrons. The van der Waals surface area contributed by atoms with Crippen molar-refractivity contribution in [1.29, 1.82) is 0 Å². The fraction of sp³-hybridized carbons (Fsp3) is 0.154. The monoisotopic (exact) mass is 232 g/mol. The van der Waals surface area contributed by atoms with Gasteiger partial charge in [0.2, 0.25) is 5.78 Å². The molecule has 0 aliphatic carbocycles. The van der Waals surface area contributed by atoms with Crippen LogP contribution in [-0.4, -0.2) is 24.6 Å². The van der Waals surface area contributed by atoms with Crippen molar-refractivity contribution in [3.8, 4) is 0 Å². The van der Waals surface area contributed by atoms with Gasteiger partial charge in [0.1, 0.15) is 0 Å². The summed E-state index contributed by atoms with van der Waals surface area (Å²) in [5.41, 5.74) is 0.853. The SMILES string of the molecule is COC(=O)C(=O)CC(=O)/C=C/c1ccccc1. The van der Waals surface area contributed by atoms with Crippen LogP contribution < -0.4 is 0 Å². The molecule has 0 saturated carbocycles. The minimum absolute atomic E-state index is 0.427. The highest BCUT2D eigenvalue weighted by molar-refractivity contribution is 6.37. The summed E-state index contributed by atoms with van der Waals surface area (Å²) in [4.78, 5) is 33.2. The van der Waals surface area contributed by atoms with Crippen LogP contribution in [-0.2, 0) is 19.1 Å². The molecule has 0 fully saturated rings. The van der Waals surface area contributed by atoms with Crippen LogP contribution in [0.15, 0.2) is 36.4 Å². The first-order valence-corrected chi connectivity index (χ1v) is 5.00. The maximum atomic E-state index is 11.3. The summed E-state index contributed by atoms with van der Waals surface area (Å²) in [5, 5.41) is 0. The van der Waals surface area contributed by atoms with E-state index in [0.29, 0.717) is 0 Å². The van der Waals surface area contributed by atoms with Gasteiger partial charge in [-0.2, -0.15) is 0 Å². The summed E-state index contributed by atoms with van der Waals surface area (Å²) in [7, 11) is 1.10. The molecule has 0 aliphatic rings. The number of hydrogen-bond donors (Lipinski definition) is 0. The normalized spacial score (nSPS) is 10.2. The number of Topliss-reactive ketones (excluding diaryl/α,β-unsaturated/α-hetero) is 1. The molecule has 1 aromatic carbocycles. The Morgan fingerprint density at radius 2 is 1.82 bits per heavy atom. The first-order chi connectivity index (χ1) is 8.13. The smallest absolute Gasteiger partial charge is 0.374 e. The Hall–Kier alpha value is -2.23. The zero-order valence-corrected chi connectivity index (χ0v) is 9.38. The highest BCUT2D eigenvalue weighted by Crippen LogP contribution is 2.02. The molecule has 0 bridgehead atoms. The molecule has 17 heavy (non-hydrogen) atoms. The zero-order chi connectivity index (χ0) is 12.7. The summed E-state index contributed by atoms with van der Waals surface area (Å²) >= 11 is 0. The summed E-state index contributed by atoms with van der Waals surface area (Å²) in [6, 6.07) is 9.19. The van der Waals surface area contributed by atoms with Gasteiger partial charge in [-0.1, -0.05) is 36.4 Å². The second-order valence-corrected chi connectivity index (χ2v) is 3.30. The Balaban J connectivity index is 2.53. The molecule has 0 spiro atoms. The summed E-state index contributed by atoms with van der Waals surface area (Å²) < 4.78 is 4.21. The van der Waals surface area contributed by atoms with Gasteiger partial charge >= 0.3 is 5.97 Å². The zero-order valence-electron chi connectivity index (χ0n) is 9.38. The number of allylic oxidation sites excluding steroid dienone is 1. The number of ether oxygens (including phenoxy) is 1. The van der Waals surface area contributed by atoms with E-state index in [1.165, 1.54) is 6.08 Å². The van der Waals surface area contributed by atoms with Crippen molar-refractivity contribution in [3.63, 3.8) is 0 Å². The Labute approximate surface area is 98.9 Å². The van der Waals surface area contributed by atoms with E-state index in [4.69, 9.17) is 0 Å². The van der Waals surface area contributed by atoms with Crippen LogP contribution in [0.5, 0.6) is 0 Å². The molecule has 0 atom stereocenters. The van der Waals surface area contributed by atoms with E-state index in [2.05, 4.69) is 4.74 Å². The molecule has 0 amide bonds. The number of benzene rings is 1. The van der Waals surface area contributed by atoms with Crippen molar-refractivity contribution in [3.05, 3.63) is 42.0 Å². The van der Waals surface area contributed by atoms with E-state index in [1.54, 1.807) is 6.08 Å². The lowest BCUT2D eigenvalue weighted by Gasteiger charge is -1.95. The van der Waals surface area contributed by atoms with Gasteiger partial charge in [0.25, 0.3) is 0 Å². The summed E-state index contributed by atoms with van der Waals surface area (Å²) in [6.07, 6.45) is 2.40. The Morgan fingerprint density at radius 3 is 2.41 bits per heavy atom. The number of carbonyl (C=O) groups is 3. The number of esters is 1. The third-order valence-electron chi connectivity index (χ3n) is 2.01. The van der Waals surface area contributed by atoms with Crippen molar-refractivity contribution in [2.45, 2.75) is 6.42 Å². The van der Waals surface area contributed by atoms with Crippen LogP contribution in [0.3, 0.4) is 0 Å². The third-order valence-corrected chi connectivity index (χ3v) is 2.01. The first-order valence-electron chi connectivity index (χ1n) is 5.00. The Morgan fingerprint density at radius 1 is 1.18 bits per heavy atom. The van der Waals surface area contributed by atoms with Gasteiger partial charge in [0, 0.05) is 0 Å². The molecule has 0 aromatic heterocycles. The molecule has 4 nitrogen and oxygen atoms in total. The highest BCUT2D eigenvalue weighted by atomic mass is 16.5. The van der Waals surface area contributed by atoms with Crippen LogP contribution in [0.4, 0.5) is 0 Å². The fourth-order valence-corrected chi connectivity index (χ4v) is 1.16. The van der Waals surface area contributed by atoms with Gasteiger partial charge in [-0.05, 0) is 11.6 Å². The Kier molecular flexibility index (Phi) is 4.81. The molecule has 88 valence electrons. The van der Waals surface area contributed by atoms with E-state index in [1.807, 2.05) is 30.3 Å². The van der Waals surface area contributed by atoms with E-state index in [-0.39, 0.29) is 0 Å². The van der Waals surface area contributed by atoms with Crippen LogP contribution >= 0.6 is 0 Å². The topological polar surface area (TPSA) is 60.4 Å². The van der Waals surface area contributed by atoms with Crippen molar-refractivity contribution >= 4 is 23.6 Å². The molecular weight excluding hydrogens is 220 g/mol. The third kappa shape index (κ3) is 4.42. The van der Waals surface area contributed by atoms with Crippen LogP contribution in [0.25, 0.3) is 6.08 Å². The highest BCUT2D eigenvalue weighted by Gasteiger charge is 2.16. The molecule has 1 rings (SSSR count). The average molecular weight is 232 g/mol. The fourth-order valence-electron chi connectivity index (χ4n) is 1.16. The lowest BCUT2D eigenvalue weighted by molar-refractivity contribution is -0.152. The van der Waals surface area contributed by atoms with E-state index < -0.39 is 24.0 Å². The first kappa shape index (κ1) is 12.8. The van der Waals surface area contributed by atoms with E-state index in [0.717, 1.165) is 12.7 Å². The standard InChI is InChI=1S/C13H12O4/c1-17-13(16)12(15)9-11(14)8-7-10-5-3-2-4-6-10/h2-8H,9H2,1H3/b8-7+. The minimum Gasteiger partial charge on any atom is -0.463 e. The van der Waals surface area contributed by atoms with E-state index in [9.17, 15) is 14.4 Å². The predicted molar refractivity (Wildman–Crippen MR) is 62.1 cm³/mol. The van der Waals surface area contributed by atoms with Gasteiger partial charge in [-0.15, -0.1) is 0 Å². The maximum absolute atomic E-state index is 11.3. The van der Waals surface area contributed by atoms with Crippen molar-refractivity contribution in [1.82, 2.24) is 0 Å². The van der Waals surface area contributed by atoms with Crippen molar-refractivity contribution in [2.75, 3.05) is 7.11 Å². The van der Waals surface area contributed by atoms with Crippen LogP contribution in [0.1, 0.15) is 12.0 Å². The van der Waals surface area contributed by atoms with Gasteiger partial charge in [-0.3, -0.25) is 9.59 Å². The molecule has 0 aliphatic heterocycles.